The average Bonchev–Trinajstić information content (AvgIpc) is 1.36. The molecule has 0 atom stereocenters. The molecular weight excluding hydrogens is 48.8 g/mol. The molecule has 0 aromatic heterocycles. The molecule has 0 aromatic rings. The fourth-order valence-electron chi connectivity index (χ4n) is 0. The summed E-state index contributed by atoms with van der Waals surface area (Å²) in [5.74, 6) is 0. The molecule has 0 aromatic carbocycles. The first-order chi connectivity index (χ1) is 2.64. The van der Waals surface area contributed by atoms with Gasteiger partial charge in [0.25, 0.3) is 0 Å². The van der Waals surface area contributed by atoms with Gasteiger partial charge in [-0.05, 0) is 16.8 Å². The largest absolute Gasteiger partial charge is 0.354 e. The van der Waals surface area contributed by atoms with Gasteiger partial charge in [-0.15, -0.1) is 0 Å². The van der Waals surface area contributed by atoms with Crippen LogP contribution in [0.15, 0.2) is 0 Å². The molecule has 0 heterocycles. The minimum Gasteiger partial charge on any atom is -0.354 e. The second-order valence-electron chi connectivity index (χ2n) is 0.964. The summed E-state index contributed by atoms with van der Waals surface area (Å²) in [6, 6.07) is 0. The Morgan fingerprint density at radius 1 is 2.00 bits per heavy atom. The highest BCUT2D eigenvalue weighted by atomic mass is 14.9. The van der Waals surface area contributed by atoms with E-state index >= 15 is 0 Å². The van der Waals surface area contributed by atoms with E-state index in [9.17, 15) is 0 Å². The zero-order valence-electron chi connectivity index (χ0n) is 5.02. The molecule has 0 unspecified atom stereocenters. The van der Waals surface area contributed by atoms with Crippen LogP contribution >= 0.6 is 0 Å². The SMILES string of the molecule is [2H]B([2H])N(C)C. The Labute approximate surface area is 30.8 Å². The van der Waals surface area contributed by atoms with Gasteiger partial charge in [-0.1, -0.05) is 0 Å². The predicted octanol–water partition coefficient (Wildman–Crippen LogP) is -0.904. The number of hydrogen-bond acceptors (Lipinski definition) is 1. The third kappa shape index (κ3) is 3420. The van der Waals surface area contributed by atoms with Crippen molar-refractivity contribution in [3.63, 3.8) is 0 Å². The van der Waals surface area contributed by atoms with Gasteiger partial charge in [0, 0.05) is 0 Å². The first-order valence-electron chi connectivity index (χ1n) is 2.31. The fourth-order valence-corrected chi connectivity index (χ4v) is 0. The lowest BCUT2D eigenvalue weighted by molar-refractivity contribution is 0.679. The summed E-state index contributed by atoms with van der Waals surface area (Å²) >= 11 is 0. The first-order valence-corrected chi connectivity index (χ1v) is 1.15. The summed E-state index contributed by atoms with van der Waals surface area (Å²) < 4.78 is 13.2. The van der Waals surface area contributed by atoms with Crippen LogP contribution < -0.4 is 0 Å². The maximum Gasteiger partial charge on any atom is 0.184 e. The van der Waals surface area contributed by atoms with E-state index in [-0.39, 0.29) is 0 Å². The molecule has 0 rings (SSSR count). The predicted molar refractivity (Wildman–Crippen MR) is 22.2 cm³/mol. The molecule has 0 amide bonds. The standard InChI is InChI=1S/C2H8BN/c1-4(2)3/h3H2,1-2H3/i3D2. The molecule has 0 fully saturated rings. The Morgan fingerprint density at radius 2 is 2.25 bits per heavy atom. The van der Waals surface area contributed by atoms with Crippen LogP contribution in [-0.2, 0) is 0 Å². The van der Waals surface area contributed by atoms with Crippen molar-refractivity contribution in [1.82, 2.24) is 4.81 Å². The lowest BCUT2D eigenvalue weighted by Crippen LogP contribution is -2.02. The lowest BCUT2D eigenvalue weighted by atomic mass is 10.4. The average molecular weight is 58.9 g/mol. The molecule has 0 bridgehead atoms. The molecule has 24 valence electrons. The van der Waals surface area contributed by atoms with Crippen molar-refractivity contribution in [2.24, 2.45) is 0 Å². The van der Waals surface area contributed by atoms with E-state index in [1.165, 1.54) is 4.81 Å². The Balaban J connectivity index is 2.99. The molecule has 0 aliphatic rings. The second kappa shape index (κ2) is 1.36. The molecule has 0 radical (unpaired) electrons. The smallest absolute Gasteiger partial charge is 0.184 e. The van der Waals surface area contributed by atoms with Crippen molar-refractivity contribution in [3.05, 3.63) is 0 Å². The first kappa shape index (κ1) is 1.46. The monoisotopic (exact) mass is 59.1 g/mol. The maximum absolute atomic E-state index is 6.62. The van der Waals surface area contributed by atoms with E-state index in [2.05, 4.69) is 0 Å². The van der Waals surface area contributed by atoms with Crippen molar-refractivity contribution in [3.8, 4) is 0 Å². The van der Waals surface area contributed by atoms with Crippen LogP contribution in [-0.4, -0.2) is 29.5 Å². The van der Waals surface area contributed by atoms with Crippen molar-refractivity contribution in [2.45, 2.75) is 0 Å². The van der Waals surface area contributed by atoms with E-state index in [1.54, 1.807) is 14.1 Å². The Hall–Kier alpha value is 0.0249. The summed E-state index contributed by atoms with van der Waals surface area (Å²) in [5.41, 5.74) is 0. The highest BCUT2D eigenvalue weighted by Gasteiger charge is 1.59. The Kier molecular flexibility index (Phi) is 0.494. The third-order valence-electron chi connectivity index (χ3n) is 0. The number of nitrogens with zero attached hydrogens (tertiary/aromatic N) is 1. The van der Waals surface area contributed by atoms with Crippen molar-refractivity contribution in [1.29, 1.82) is 2.67 Å². The van der Waals surface area contributed by atoms with Crippen LogP contribution in [0.2, 0.25) is 0 Å². The Bertz CT molecular complexity index is 32.5. The zero-order valence-corrected chi connectivity index (χ0v) is 3.02. The van der Waals surface area contributed by atoms with Crippen molar-refractivity contribution < 1.29 is 0 Å². The van der Waals surface area contributed by atoms with E-state index in [1.807, 2.05) is 0 Å². The lowest BCUT2D eigenvalue weighted by Gasteiger charge is -1.90. The molecule has 0 saturated carbocycles. The molecule has 0 spiro atoms. The van der Waals surface area contributed by atoms with Gasteiger partial charge in [0.2, 0.25) is 0 Å². The van der Waals surface area contributed by atoms with Crippen molar-refractivity contribution >= 4 is 7.91 Å². The molecule has 1 nitrogen and oxygen atoms in total. The molecule has 4 heavy (non-hydrogen) atoms. The van der Waals surface area contributed by atoms with Crippen LogP contribution in [0.5, 0.6) is 0 Å². The molecule has 0 saturated heterocycles. The zero-order chi connectivity index (χ0) is 5.15. The molecular formula is C2H8BN. The summed E-state index contributed by atoms with van der Waals surface area (Å²) in [6.07, 6.45) is 0. The van der Waals surface area contributed by atoms with Gasteiger partial charge in [-0.25, -0.2) is 0 Å². The highest BCUT2D eigenvalue weighted by Crippen LogP contribution is 1.44. The topological polar surface area (TPSA) is 3.24 Å². The van der Waals surface area contributed by atoms with Crippen LogP contribution in [0.3, 0.4) is 0 Å². The summed E-state index contributed by atoms with van der Waals surface area (Å²) in [5, 5.41) is 0. The van der Waals surface area contributed by atoms with Crippen molar-refractivity contribution in [2.75, 3.05) is 14.1 Å². The summed E-state index contributed by atoms with van der Waals surface area (Å²) in [7, 11) is 2.58. The minimum absolute atomic E-state index is 0.815. The molecule has 0 N–H and O–H groups in total. The Morgan fingerprint density at radius 3 is 2.25 bits per heavy atom. The quantitative estimate of drug-likeness (QED) is 0.353. The molecule has 2 heteroatoms. The van der Waals surface area contributed by atoms with Gasteiger partial charge in [-0.2, -0.15) is 0 Å². The van der Waals surface area contributed by atoms with Gasteiger partial charge in [0.05, 0.1) is 0 Å². The van der Waals surface area contributed by atoms with Crippen LogP contribution in [0, 0.1) is 0 Å². The second-order valence-corrected chi connectivity index (χ2v) is 0.964. The van der Waals surface area contributed by atoms with Crippen LogP contribution in [0.25, 0.3) is 0 Å². The highest BCUT2D eigenvalue weighted by molar-refractivity contribution is 6.03. The fraction of sp³-hybridized carbons (Fsp3) is 1.00. The van der Waals surface area contributed by atoms with E-state index in [0.29, 0.717) is 0 Å². The van der Waals surface area contributed by atoms with Crippen LogP contribution in [0.1, 0.15) is 0 Å². The van der Waals surface area contributed by atoms with E-state index < -0.39 is 7.91 Å². The van der Waals surface area contributed by atoms with Gasteiger partial charge in [0.1, 0.15) is 0 Å². The number of rotatable bonds is 1. The normalized spacial score (nSPS) is 14.8. The van der Waals surface area contributed by atoms with E-state index in [0.717, 1.165) is 0 Å². The van der Waals surface area contributed by atoms with Gasteiger partial charge < -0.3 is 4.81 Å². The number of hydrogen-bond donors (Lipinski definition) is 0. The van der Waals surface area contributed by atoms with Crippen LogP contribution in [0.4, 0.5) is 0 Å². The summed E-state index contributed by atoms with van der Waals surface area (Å²) in [6.45, 7) is 0. The van der Waals surface area contributed by atoms with E-state index in [4.69, 9.17) is 2.67 Å². The molecule has 0 aliphatic heterocycles. The van der Waals surface area contributed by atoms with Gasteiger partial charge >= 0.3 is 0 Å². The maximum atomic E-state index is 6.62. The third-order valence-corrected chi connectivity index (χ3v) is 0. The summed E-state index contributed by atoms with van der Waals surface area (Å²) in [4.78, 5) is 1.50. The molecule has 0 aliphatic carbocycles. The van der Waals surface area contributed by atoms with Gasteiger partial charge in [0.15, 0.2) is 7.91 Å². The van der Waals surface area contributed by atoms with Gasteiger partial charge in [-0.3, -0.25) is 0 Å². The minimum atomic E-state index is -0.815.